The fourth-order valence-electron chi connectivity index (χ4n) is 2.12. The number of carbonyl (C=O) groups is 2. The van der Waals surface area contributed by atoms with E-state index in [9.17, 15) is 9.59 Å². The number of hydrogen-bond donors (Lipinski definition) is 0. The van der Waals surface area contributed by atoms with E-state index in [1.807, 2.05) is 39.8 Å². The number of benzene rings is 1. The highest BCUT2D eigenvalue weighted by Gasteiger charge is 2.32. The largest absolute Gasteiger partial charge is 0.423 e. The molecular formula is C18H20N2O3. The Morgan fingerprint density at radius 3 is 2.22 bits per heavy atom. The molecule has 0 spiro atoms. The molecule has 0 radical (unpaired) electrons. The summed E-state index contributed by atoms with van der Waals surface area (Å²) >= 11 is 0. The molecule has 1 heterocycles. The maximum Gasteiger partial charge on any atom is 0.423 e. The molecule has 0 saturated heterocycles. The molecule has 1 aromatic carbocycles. The molecule has 1 amide bonds. The van der Waals surface area contributed by atoms with Crippen LogP contribution in [0.3, 0.4) is 0 Å². The van der Waals surface area contributed by atoms with Crippen molar-refractivity contribution < 1.29 is 14.3 Å². The molecule has 0 fully saturated rings. The molecule has 1 aromatic heterocycles. The van der Waals surface area contributed by atoms with Crippen LogP contribution in [-0.4, -0.2) is 22.6 Å². The average molecular weight is 312 g/mol. The van der Waals surface area contributed by atoms with Crippen molar-refractivity contribution in [1.82, 2.24) is 4.98 Å². The quantitative estimate of drug-likeness (QED) is 0.622. The van der Waals surface area contributed by atoms with Crippen LogP contribution in [0.25, 0.3) is 0 Å². The van der Waals surface area contributed by atoms with E-state index in [0.29, 0.717) is 11.4 Å². The molecule has 0 bridgehead atoms. The number of anilines is 1. The summed E-state index contributed by atoms with van der Waals surface area (Å²) in [5.74, 6) is -0.235. The van der Waals surface area contributed by atoms with Gasteiger partial charge in [-0.3, -0.25) is 4.90 Å². The molecule has 120 valence electrons. The van der Waals surface area contributed by atoms with Gasteiger partial charge < -0.3 is 4.74 Å². The molecule has 0 aliphatic heterocycles. The first-order chi connectivity index (χ1) is 10.8. The van der Waals surface area contributed by atoms with Gasteiger partial charge in [0.25, 0.3) is 0 Å². The Morgan fingerprint density at radius 2 is 1.65 bits per heavy atom. The minimum Gasteiger partial charge on any atom is -0.372 e. The molecule has 0 unspecified atom stereocenters. The Morgan fingerprint density at radius 1 is 1.00 bits per heavy atom. The number of esters is 1. The van der Waals surface area contributed by atoms with E-state index < -0.39 is 17.6 Å². The summed E-state index contributed by atoms with van der Waals surface area (Å²) in [5.41, 5.74) is 0.514. The van der Waals surface area contributed by atoms with Crippen LogP contribution in [0.5, 0.6) is 0 Å². The number of ether oxygens (including phenoxy) is 1. The zero-order valence-corrected chi connectivity index (χ0v) is 13.7. The van der Waals surface area contributed by atoms with Crippen LogP contribution in [0, 0.1) is 6.92 Å². The minimum absolute atomic E-state index is 0.326. The molecular weight excluding hydrogens is 292 g/mol. The smallest absolute Gasteiger partial charge is 0.372 e. The van der Waals surface area contributed by atoms with Gasteiger partial charge in [0, 0.05) is 11.2 Å². The van der Waals surface area contributed by atoms with Gasteiger partial charge in [0.2, 0.25) is 0 Å². The molecule has 0 aliphatic rings. The Bertz CT molecular complexity index is 706. The number of aryl methyl sites for hydroxylation is 1. The summed E-state index contributed by atoms with van der Waals surface area (Å²) < 4.78 is 5.03. The highest BCUT2D eigenvalue weighted by Crippen LogP contribution is 2.23. The second kappa shape index (κ2) is 6.60. The van der Waals surface area contributed by atoms with Crippen molar-refractivity contribution in [1.29, 1.82) is 0 Å². The average Bonchev–Trinajstić information content (AvgIpc) is 2.46. The summed E-state index contributed by atoms with van der Waals surface area (Å²) in [5, 5.41) is 0. The third-order valence-corrected chi connectivity index (χ3v) is 3.15. The molecule has 5 nitrogen and oxygen atoms in total. The van der Waals surface area contributed by atoms with Crippen LogP contribution < -0.4 is 4.90 Å². The van der Waals surface area contributed by atoms with Crippen molar-refractivity contribution in [2.75, 3.05) is 4.90 Å². The summed E-state index contributed by atoms with van der Waals surface area (Å²) in [7, 11) is 0. The first kappa shape index (κ1) is 16.7. The molecule has 2 aromatic rings. The van der Waals surface area contributed by atoms with Crippen LogP contribution >= 0.6 is 0 Å². The van der Waals surface area contributed by atoms with Gasteiger partial charge in [-0.2, -0.15) is 0 Å². The van der Waals surface area contributed by atoms with Crippen LogP contribution in [0.15, 0.2) is 48.5 Å². The van der Waals surface area contributed by atoms with Crippen molar-refractivity contribution >= 4 is 17.9 Å². The molecule has 2 rings (SSSR count). The lowest BCUT2D eigenvalue weighted by atomic mass is 10.1. The van der Waals surface area contributed by atoms with Gasteiger partial charge in [0.05, 0.1) is 5.56 Å². The number of aromatic nitrogens is 1. The minimum atomic E-state index is -0.746. The molecule has 0 atom stereocenters. The van der Waals surface area contributed by atoms with Gasteiger partial charge in [-0.15, -0.1) is 0 Å². The Hall–Kier alpha value is -2.69. The van der Waals surface area contributed by atoms with E-state index in [2.05, 4.69) is 4.98 Å². The fourth-order valence-corrected chi connectivity index (χ4v) is 2.12. The standard InChI is InChI=1S/C18H20N2O3/c1-13-9-8-12-15(19-13)20(18(2,3)4)17(22)23-16(21)14-10-6-5-7-11-14/h5-12H,1-4H3. The summed E-state index contributed by atoms with van der Waals surface area (Å²) in [6, 6.07) is 13.8. The van der Waals surface area contributed by atoms with Gasteiger partial charge in [-0.25, -0.2) is 14.6 Å². The first-order valence-corrected chi connectivity index (χ1v) is 7.34. The van der Waals surface area contributed by atoms with Crippen LogP contribution in [-0.2, 0) is 4.74 Å². The van der Waals surface area contributed by atoms with Gasteiger partial charge in [-0.05, 0) is 52.0 Å². The lowest BCUT2D eigenvalue weighted by Gasteiger charge is -2.33. The molecule has 5 heteroatoms. The maximum absolute atomic E-state index is 12.5. The fraction of sp³-hybridized carbons (Fsp3) is 0.278. The predicted molar refractivity (Wildman–Crippen MR) is 88.5 cm³/mol. The van der Waals surface area contributed by atoms with Gasteiger partial charge in [0.15, 0.2) is 0 Å². The monoisotopic (exact) mass is 312 g/mol. The van der Waals surface area contributed by atoms with Crippen molar-refractivity contribution in [3.63, 3.8) is 0 Å². The van der Waals surface area contributed by atoms with Crippen molar-refractivity contribution in [3.05, 3.63) is 59.8 Å². The van der Waals surface area contributed by atoms with Crippen molar-refractivity contribution in [2.45, 2.75) is 33.2 Å². The van der Waals surface area contributed by atoms with E-state index in [0.717, 1.165) is 5.69 Å². The number of amides is 1. The molecule has 23 heavy (non-hydrogen) atoms. The third kappa shape index (κ3) is 4.16. The van der Waals surface area contributed by atoms with E-state index >= 15 is 0 Å². The zero-order valence-electron chi connectivity index (χ0n) is 13.7. The summed E-state index contributed by atoms with van der Waals surface area (Å²) in [4.78, 5) is 30.4. The number of carbonyl (C=O) groups excluding carboxylic acids is 2. The van der Waals surface area contributed by atoms with Crippen LogP contribution in [0.1, 0.15) is 36.8 Å². The highest BCUT2D eigenvalue weighted by molar-refractivity contribution is 6.01. The van der Waals surface area contributed by atoms with E-state index in [-0.39, 0.29) is 0 Å². The van der Waals surface area contributed by atoms with Crippen molar-refractivity contribution in [2.24, 2.45) is 0 Å². The molecule has 0 saturated carbocycles. The lowest BCUT2D eigenvalue weighted by molar-refractivity contribution is 0.0627. The summed E-state index contributed by atoms with van der Waals surface area (Å²) in [6.45, 7) is 7.40. The Labute approximate surface area is 135 Å². The van der Waals surface area contributed by atoms with E-state index in [1.54, 1.807) is 36.4 Å². The highest BCUT2D eigenvalue weighted by atomic mass is 16.6. The molecule has 0 aliphatic carbocycles. The second-order valence-electron chi connectivity index (χ2n) is 6.16. The predicted octanol–water partition coefficient (Wildman–Crippen LogP) is 3.97. The first-order valence-electron chi connectivity index (χ1n) is 7.34. The van der Waals surface area contributed by atoms with Gasteiger partial charge in [0.1, 0.15) is 5.82 Å². The van der Waals surface area contributed by atoms with E-state index in [1.165, 1.54) is 4.90 Å². The van der Waals surface area contributed by atoms with Crippen molar-refractivity contribution in [3.8, 4) is 0 Å². The number of rotatable bonds is 2. The van der Waals surface area contributed by atoms with Gasteiger partial charge in [-0.1, -0.05) is 24.3 Å². The van der Waals surface area contributed by atoms with Gasteiger partial charge >= 0.3 is 12.1 Å². The third-order valence-electron chi connectivity index (χ3n) is 3.15. The van der Waals surface area contributed by atoms with E-state index in [4.69, 9.17) is 4.74 Å². The topological polar surface area (TPSA) is 59.5 Å². The van der Waals surface area contributed by atoms with Crippen LogP contribution in [0.2, 0.25) is 0 Å². The number of nitrogens with zero attached hydrogens (tertiary/aromatic N) is 2. The number of hydrogen-bond acceptors (Lipinski definition) is 4. The second-order valence-corrected chi connectivity index (χ2v) is 6.16. The van der Waals surface area contributed by atoms with Crippen LogP contribution in [0.4, 0.5) is 10.6 Å². The SMILES string of the molecule is Cc1cccc(N(C(=O)OC(=O)c2ccccc2)C(C)(C)C)n1. The normalized spacial score (nSPS) is 11.0. The Kier molecular flexibility index (Phi) is 4.79. The number of pyridine rings is 1. The Balaban J connectivity index is 2.26. The lowest BCUT2D eigenvalue weighted by Crippen LogP contribution is -2.47. The molecule has 0 N–H and O–H groups in total. The maximum atomic E-state index is 12.5. The summed E-state index contributed by atoms with van der Waals surface area (Å²) in [6.07, 6.45) is -0.746. The zero-order chi connectivity index (χ0) is 17.0.